The predicted octanol–water partition coefficient (Wildman–Crippen LogP) is 4.11. The molecule has 0 aliphatic carbocycles. The topological polar surface area (TPSA) is 77.8 Å². The Labute approximate surface area is 174 Å². The number of carbonyl (C=O) groups is 2. The number of benzene rings is 3. The van der Waals surface area contributed by atoms with Crippen LogP contribution in [-0.2, 0) is 16.2 Å². The fourth-order valence-corrected chi connectivity index (χ4v) is 3.68. The maximum Gasteiger partial charge on any atom is 0.300 e. The van der Waals surface area contributed by atoms with Gasteiger partial charge in [0.1, 0.15) is 5.76 Å². The fraction of sp³-hybridized carbons (Fsp3) is 0.120. The lowest BCUT2D eigenvalue weighted by Gasteiger charge is -2.25. The first-order valence-corrected chi connectivity index (χ1v) is 9.64. The SMILES string of the molecule is Cc1ccc(/C(O)=C2/C(=O)C(=O)N(c3ccc(CO)cc3)C2c2ccccc2)cc1. The van der Waals surface area contributed by atoms with E-state index in [1.807, 2.05) is 49.4 Å². The minimum Gasteiger partial charge on any atom is -0.507 e. The summed E-state index contributed by atoms with van der Waals surface area (Å²) >= 11 is 0. The number of ketones is 1. The molecule has 1 aliphatic heterocycles. The molecule has 150 valence electrons. The van der Waals surface area contributed by atoms with Gasteiger partial charge in [-0.3, -0.25) is 14.5 Å². The molecule has 0 aromatic heterocycles. The molecule has 1 fully saturated rings. The largest absolute Gasteiger partial charge is 0.507 e. The number of amides is 1. The highest BCUT2D eigenvalue weighted by Crippen LogP contribution is 2.42. The van der Waals surface area contributed by atoms with Crippen LogP contribution in [0.3, 0.4) is 0 Å². The molecule has 1 saturated heterocycles. The minimum atomic E-state index is -0.757. The number of anilines is 1. The van der Waals surface area contributed by atoms with Crippen molar-refractivity contribution in [3.63, 3.8) is 0 Å². The van der Waals surface area contributed by atoms with Gasteiger partial charge in [0.15, 0.2) is 0 Å². The Morgan fingerprint density at radius 2 is 1.53 bits per heavy atom. The molecule has 5 heteroatoms. The van der Waals surface area contributed by atoms with E-state index in [1.165, 1.54) is 4.90 Å². The second-order valence-electron chi connectivity index (χ2n) is 7.27. The molecule has 1 heterocycles. The molecule has 1 unspecified atom stereocenters. The van der Waals surface area contributed by atoms with Crippen molar-refractivity contribution < 1.29 is 19.8 Å². The lowest BCUT2D eigenvalue weighted by Crippen LogP contribution is -2.29. The lowest BCUT2D eigenvalue weighted by atomic mass is 9.95. The van der Waals surface area contributed by atoms with Crippen molar-refractivity contribution in [2.24, 2.45) is 0 Å². The normalized spacial score (nSPS) is 18.1. The predicted molar refractivity (Wildman–Crippen MR) is 115 cm³/mol. The average Bonchev–Trinajstić information content (AvgIpc) is 3.05. The second-order valence-corrected chi connectivity index (χ2v) is 7.27. The summed E-state index contributed by atoms with van der Waals surface area (Å²) in [4.78, 5) is 27.5. The van der Waals surface area contributed by atoms with Crippen LogP contribution in [0.5, 0.6) is 0 Å². The Morgan fingerprint density at radius 3 is 2.13 bits per heavy atom. The van der Waals surface area contributed by atoms with Crippen LogP contribution in [0.25, 0.3) is 5.76 Å². The number of nitrogens with zero attached hydrogens (tertiary/aromatic N) is 1. The first-order valence-electron chi connectivity index (χ1n) is 9.64. The van der Waals surface area contributed by atoms with Gasteiger partial charge in [0, 0.05) is 11.3 Å². The van der Waals surface area contributed by atoms with Crippen LogP contribution in [0, 0.1) is 6.92 Å². The molecule has 3 aromatic carbocycles. The number of carbonyl (C=O) groups excluding carboxylic acids is 2. The van der Waals surface area contributed by atoms with E-state index in [0.29, 0.717) is 16.8 Å². The summed E-state index contributed by atoms with van der Waals surface area (Å²) in [6.07, 6.45) is 0. The Hall–Kier alpha value is -3.70. The molecule has 0 spiro atoms. The highest BCUT2D eigenvalue weighted by atomic mass is 16.3. The van der Waals surface area contributed by atoms with E-state index >= 15 is 0 Å². The van der Waals surface area contributed by atoms with E-state index in [9.17, 15) is 19.8 Å². The van der Waals surface area contributed by atoms with Crippen molar-refractivity contribution in [2.45, 2.75) is 19.6 Å². The van der Waals surface area contributed by atoms with Crippen molar-refractivity contribution in [3.8, 4) is 0 Å². The number of aliphatic hydroxyl groups excluding tert-OH is 2. The summed E-state index contributed by atoms with van der Waals surface area (Å²) in [7, 11) is 0. The molecule has 3 aromatic rings. The van der Waals surface area contributed by atoms with Crippen LogP contribution in [0.15, 0.2) is 84.4 Å². The molecule has 1 aliphatic rings. The summed E-state index contributed by atoms with van der Waals surface area (Å²) in [6.45, 7) is 1.82. The number of Topliss-reactive ketones (excluding diaryl/α,β-unsaturated/α-hetero) is 1. The molecule has 2 N–H and O–H groups in total. The number of aliphatic hydroxyl groups is 2. The van der Waals surface area contributed by atoms with Crippen LogP contribution >= 0.6 is 0 Å². The highest BCUT2D eigenvalue weighted by Gasteiger charge is 2.46. The van der Waals surface area contributed by atoms with Crippen LogP contribution < -0.4 is 4.90 Å². The Balaban J connectivity index is 1.90. The first-order chi connectivity index (χ1) is 14.5. The van der Waals surface area contributed by atoms with Gasteiger partial charge in [0.25, 0.3) is 11.7 Å². The molecule has 5 nitrogen and oxygen atoms in total. The third-order valence-electron chi connectivity index (χ3n) is 5.28. The zero-order valence-corrected chi connectivity index (χ0v) is 16.4. The quantitative estimate of drug-likeness (QED) is 0.393. The number of aryl methyl sites for hydroxylation is 1. The molecular formula is C25H21NO4. The second kappa shape index (κ2) is 7.97. The highest BCUT2D eigenvalue weighted by molar-refractivity contribution is 6.51. The van der Waals surface area contributed by atoms with Crippen molar-refractivity contribution in [1.29, 1.82) is 0 Å². The molecule has 4 rings (SSSR count). The molecule has 0 bridgehead atoms. The van der Waals surface area contributed by atoms with Crippen LogP contribution in [0.4, 0.5) is 5.69 Å². The van der Waals surface area contributed by atoms with Crippen LogP contribution in [0.1, 0.15) is 28.3 Å². The van der Waals surface area contributed by atoms with Crippen molar-refractivity contribution in [3.05, 3.63) is 107 Å². The van der Waals surface area contributed by atoms with Crippen molar-refractivity contribution >= 4 is 23.1 Å². The smallest absolute Gasteiger partial charge is 0.300 e. The molecule has 30 heavy (non-hydrogen) atoms. The molecule has 1 amide bonds. The average molecular weight is 399 g/mol. The molecule has 0 saturated carbocycles. The standard InChI is InChI=1S/C25H21NO4/c1-16-7-11-19(12-8-16)23(28)21-22(18-5-3-2-4-6-18)26(25(30)24(21)29)20-13-9-17(15-27)10-14-20/h2-14,22,27-28H,15H2,1H3/b23-21-. The molecule has 1 atom stereocenters. The summed E-state index contributed by atoms with van der Waals surface area (Å²) in [5, 5.41) is 20.3. The van der Waals surface area contributed by atoms with E-state index in [1.54, 1.807) is 36.4 Å². The van der Waals surface area contributed by atoms with Gasteiger partial charge in [-0.25, -0.2) is 0 Å². The van der Waals surface area contributed by atoms with E-state index in [0.717, 1.165) is 11.1 Å². The first kappa shape index (κ1) is 19.6. The maximum atomic E-state index is 13.0. The Morgan fingerprint density at radius 1 is 0.900 bits per heavy atom. The zero-order chi connectivity index (χ0) is 21.3. The fourth-order valence-electron chi connectivity index (χ4n) is 3.68. The van der Waals surface area contributed by atoms with Gasteiger partial charge in [-0.2, -0.15) is 0 Å². The van der Waals surface area contributed by atoms with Gasteiger partial charge in [-0.05, 0) is 30.2 Å². The van der Waals surface area contributed by atoms with Gasteiger partial charge < -0.3 is 10.2 Å². The number of hydrogen-bond donors (Lipinski definition) is 2. The number of hydrogen-bond acceptors (Lipinski definition) is 4. The number of rotatable bonds is 4. The molecule has 0 radical (unpaired) electrons. The van der Waals surface area contributed by atoms with Gasteiger partial charge in [-0.1, -0.05) is 72.3 Å². The summed E-state index contributed by atoms with van der Waals surface area (Å²) in [5.74, 6) is -1.63. The monoisotopic (exact) mass is 399 g/mol. The van der Waals surface area contributed by atoms with Crippen LogP contribution in [-0.4, -0.2) is 21.9 Å². The van der Waals surface area contributed by atoms with E-state index < -0.39 is 17.7 Å². The summed E-state index contributed by atoms with van der Waals surface area (Å²) in [6, 6.07) is 22.4. The Bertz CT molecular complexity index is 1120. The third kappa shape index (κ3) is 3.40. The third-order valence-corrected chi connectivity index (χ3v) is 5.28. The summed E-state index contributed by atoms with van der Waals surface area (Å²) in [5.41, 5.74) is 3.50. The van der Waals surface area contributed by atoms with E-state index in [4.69, 9.17) is 0 Å². The summed E-state index contributed by atoms with van der Waals surface area (Å²) < 4.78 is 0. The van der Waals surface area contributed by atoms with Gasteiger partial charge in [-0.15, -0.1) is 0 Å². The van der Waals surface area contributed by atoms with Crippen molar-refractivity contribution in [2.75, 3.05) is 4.90 Å². The Kier molecular flexibility index (Phi) is 5.21. The lowest BCUT2D eigenvalue weighted by molar-refractivity contribution is -0.132. The minimum absolute atomic E-state index is 0.0567. The van der Waals surface area contributed by atoms with Crippen LogP contribution in [0.2, 0.25) is 0 Å². The maximum absolute atomic E-state index is 13.0. The van der Waals surface area contributed by atoms with E-state index in [-0.39, 0.29) is 17.9 Å². The van der Waals surface area contributed by atoms with E-state index in [2.05, 4.69) is 0 Å². The van der Waals surface area contributed by atoms with Gasteiger partial charge in [0.2, 0.25) is 0 Å². The van der Waals surface area contributed by atoms with Crippen molar-refractivity contribution in [1.82, 2.24) is 0 Å². The molecular weight excluding hydrogens is 378 g/mol. The zero-order valence-electron chi connectivity index (χ0n) is 16.4. The van der Waals surface area contributed by atoms with Gasteiger partial charge in [0.05, 0.1) is 18.2 Å². The van der Waals surface area contributed by atoms with Gasteiger partial charge >= 0.3 is 0 Å².